The van der Waals surface area contributed by atoms with E-state index in [1.807, 2.05) is 51.1 Å². The highest BCUT2D eigenvalue weighted by Crippen LogP contribution is 2.37. The van der Waals surface area contributed by atoms with Crippen LogP contribution in [0.5, 0.6) is 0 Å². The first-order valence-electron chi connectivity index (χ1n) is 10.9. The van der Waals surface area contributed by atoms with Crippen molar-refractivity contribution in [2.75, 3.05) is 0 Å². The maximum atomic E-state index is 13.8. The zero-order valence-corrected chi connectivity index (χ0v) is 20.3. The van der Waals surface area contributed by atoms with Crippen LogP contribution in [0, 0.1) is 5.92 Å². The SMILES string of the molecule is CC1CCc2c(sc3nc(SCc4nnc(C(C)(C)C)o4)n(-c4ccccc4)c(=O)c23)C1. The van der Waals surface area contributed by atoms with Gasteiger partial charge in [-0.15, -0.1) is 21.5 Å². The molecule has 1 aliphatic carbocycles. The Kier molecular flexibility index (Phi) is 5.45. The molecule has 5 rings (SSSR count). The molecule has 166 valence electrons. The van der Waals surface area contributed by atoms with Crippen LogP contribution >= 0.6 is 23.1 Å². The van der Waals surface area contributed by atoms with E-state index in [9.17, 15) is 4.79 Å². The maximum absolute atomic E-state index is 13.8. The average molecular weight is 467 g/mol. The number of aromatic nitrogens is 4. The fourth-order valence-corrected chi connectivity index (χ4v) is 6.29. The summed E-state index contributed by atoms with van der Waals surface area (Å²) in [5, 5.41) is 9.82. The van der Waals surface area contributed by atoms with E-state index < -0.39 is 0 Å². The minimum absolute atomic E-state index is 0.0108. The number of benzene rings is 1. The molecule has 0 N–H and O–H groups in total. The maximum Gasteiger partial charge on any atom is 0.267 e. The summed E-state index contributed by atoms with van der Waals surface area (Å²) in [5.41, 5.74) is 1.83. The minimum Gasteiger partial charge on any atom is -0.424 e. The molecular weight excluding hydrogens is 440 g/mol. The van der Waals surface area contributed by atoms with Gasteiger partial charge >= 0.3 is 0 Å². The number of thiophene rings is 1. The van der Waals surface area contributed by atoms with Gasteiger partial charge in [-0.1, -0.05) is 57.7 Å². The topological polar surface area (TPSA) is 73.8 Å². The molecular formula is C24H26N4O2S2. The molecule has 0 spiro atoms. The van der Waals surface area contributed by atoms with Crippen molar-refractivity contribution in [3.05, 3.63) is 62.9 Å². The number of hydrogen-bond donors (Lipinski definition) is 0. The Bertz CT molecular complexity index is 1330. The van der Waals surface area contributed by atoms with Gasteiger partial charge in [-0.2, -0.15) is 0 Å². The van der Waals surface area contributed by atoms with Crippen LogP contribution in [0.25, 0.3) is 15.9 Å². The van der Waals surface area contributed by atoms with Crippen molar-refractivity contribution in [1.82, 2.24) is 19.7 Å². The molecule has 3 heterocycles. The third-order valence-corrected chi connectivity index (χ3v) is 7.82. The lowest BCUT2D eigenvalue weighted by atomic mass is 9.89. The summed E-state index contributed by atoms with van der Waals surface area (Å²) >= 11 is 3.13. The molecule has 0 radical (unpaired) electrons. The van der Waals surface area contributed by atoms with Crippen LogP contribution in [-0.4, -0.2) is 19.7 Å². The summed E-state index contributed by atoms with van der Waals surface area (Å²) in [4.78, 5) is 20.9. The average Bonchev–Trinajstić information content (AvgIpc) is 3.37. The van der Waals surface area contributed by atoms with Crippen LogP contribution in [0.4, 0.5) is 0 Å². The van der Waals surface area contributed by atoms with Gasteiger partial charge in [0.2, 0.25) is 11.8 Å². The standard InChI is InChI=1S/C24H26N4O2S2/c1-14-10-11-16-17(12-14)32-20-19(16)21(29)28(15-8-6-5-7-9-15)23(25-20)31-13-18-26-27-22(30-18)24(2,3)4/h5-9,14H,10-13H2,1-4H3. The van der Waals surface area contributed by atoms with Gasteiger partial charge in [0, 0.05) is 10.3 Å². The van der Waals surface area contributed by atoms with Crippen molar-refractivity contribution >= 4 is 33.3 Å². The molecule has 0 amide bonds. The Morgan fingerprint density at radius 2 is 2.00 bits per heavy atom. The molecule has 32 heavy (non-hydrogen) atoms. The number of para-hydroxylation sites is 1. The Labute approximate surface area is 195 Å². The first kappa shape index (κ1) is 21.4. The first-order chi connectivity index (χ1) is 15.3. The summed E-state index contributed by atoms with van der Waals surface area (Å²) in [6.07, 6.45) is 3.10. The predicted molar refractivity (Wildman–Crippen MR) is 129 cm³/mol. The van der Waals surface area contributed by atoms with Crippen LogP contribution in [0.3, 0.4) is 0 Å². The summed E-state index contributed by atoms with van der Waals surface area (Å²) in [6.45, 7) is 8.40. The molecule has 0 bridgehead atoms. The van der Waals surface area contributed by atoms with E-state index in [0.29, 0.717) is 28.6 Å². The van der Waals surface area contributed by atoms with Gasteiger partial charge in [0.1, 0.15) is 4.83 Å². The summed E-state index contributed by atoms with van der Waals surface area (Å²) in [5.74, 6) is 2.25. The number of thioether (sulfide) groups is 1. The highest BCUT2D eigenvalue weighted by atomic mass is 32.2. The molecule has 1 unspecified atom stereocenters. The van der Waals surface area contributed by atoms with Crippen molar-refractivity contribution in [3.63, 3.8) is 0 Å². The van der Waals surface area contributed by atoms with E-state index in [1.54, 1.807) is 15.9 Å². The summed E-state index contributed by atoms with van der Waals surface area (Å²) in [7, 11) is 0. The van der Waals surface area contributed by atoms with E-state index in [2.05, 4.69) is 17.1 Å². The number of fused-ring (bicyclic) bond motifs is 3. The van der Waals surface area contributed by atoms with E-state index in [0.717, 1.165) is 35.2 Å². The quantitative estimate of drug-likeness (QED) is 0.290. The van der Waals surface area contributed by atoms with E-state index in [-0.39, 0.29) is 11.0 Å². The zero-order chi connectivity index (χ0) is 22.5. The summed E-state index contributed by atoms with van der Waals surface area (Å²) in [6, 6.07) is 9.74. The highest BCUT2D eigenvalue weighted by molar-refractivity contribution is 7.98. The first-order valence-corrected chi connectivity index (χ1v) is 12.7. The fourth-order valence-electron chi connectivity index (χ4n) is 4.01. The molecule has 0 fully saturated rings. The monoisotopic (exact) mass is 466 g/mol. The number of hydrogen-bond acceptors (Lipinski definition) is 7. The second-order valence-corrected chi connectivity index (χ2v) is 11.5. The van der Waals surface area contributed by atoms with Crippen LogP contribution in [0.15, 0.2) is 44.7 Å². The lowest BCUT2D eigenvalue weighted by molar-refractivity contribution is 0.378. The normalized spacial score (nSPS) is 16.4. The molecule has 1 aromatic carbocycles. The Morgan fingerprint density at radius 3 is 2.72 bits per heavy atom. The molecule has 8 heteroatoms. The molecule has 0 aliphatic heterocycles. The van der Waals surface area contributed by atoms with Gasteiger partial charge in [-0.25, -0.2) is 4.98 Å². The predicted octanol–water partition coefficient (Wildman–Crippen LogP) is 5.54. The molecule has 0 saturated heterocycles. The molecule has 1 atom stereocenters. The second kappa shape index (κ2) is 8.15. The van der Waals surface area contributed by atoms with E-state index >= 15 is 0 Å². The number of aryl methyl sites for hydroxylation is 1. The molecule has 4 aromatic rings. The molecule has 6 nitrogen and oxygen atoms in total. The number of nitrogens with zero attached hydrogens (tertiary/aromatic N) is 4. The van der Waals surface area contributed by atoms with Crippen LogP contribution < -0.4 is 5.56 Å². The fraction of sp³-hybridized carbons (Fsp3) is 0.417. The van der Waals surface area contributed by atoms with Crippen molar-refractivity contribution in [3.8, 4) is 5.69 Å². The lowest BCUT2D eigenvalue weighted by Gasteiger charge is -2.17. The third kappa shape index (κ3) is 3.90. The van der Waals surface area contributed by atoms with Crippen LogP contribution in [0.2, 0.25) is 0 Å². The second-order valence-electron chi connectivity index (χ2n) is 9.44. The largest absolute Gasteiger partial charge is 0.424 e. The smallest absolute Gasteiger partial charge is 0.267 e. The Morgan fingerprint density at radius 1 is 1.22 bits per heavy atom. The van der Waals surface area contributed by atoms with E-state index in [4.69, 9.17) is 9.40 Å². The van der Waals surface area contributed by atoms with Crippen molar-refractivity contribution in [2.24, 2.45) is 5.92 Å². The number of rotatable bonds is 4. The Balaban J connectivity index is 1.59. The van der Waals surface area contributed by atoms with Gasteiger partial charge in [-0.05, 0) is 42.9 Å². The molecule has 3 aromatic heterocycles. The lowest BCUT2D eigenvalue weighted by Crippen LogP contribution is -2.22. The molecule has 1 aliphatic rings. The highest BCUT2D eigenvalue weighted by Gasteiger charge is 2.26. The van der Waals surface area contributed by atoms with Crippen LogP contribution in [0.1, 0.15) is 56.3 Å². The van der Waals surface area contributed by atoms with Gasteiger partial charge in [0.25, 0.3) is 5.56 Å². The van der Waals surface area contributed by atoms with Crippen molar-refractivity contribution in [2.45, 2.75) is 63.3 Å². The van der Waals surface area contributed by atoms with E-state index in [1.165, 1.54) is 22.2 Å². The van der Waals surface area contributed by atoms with Crippen molar-refractivity contribution < 1.29 is 4.42 Å². The van der Waals surface area contributed by atoms with Gasteiger partial charge in [-0.3, -0.25) is 9.36 Å². The van der Waals surface area contributed by atoms with Gasteiger partial charge in [0.15, 0.2) is 5.16 Å². The van der Waals surface area contributed by atoms with Crippen LogP contribution in [-0.2, 0) is 24.0 Å². The third-order valence-electron chi connectivity index (χ3n) is 5.75. The minimum atomic E-state index is -0.202. The van der Waals surface area contributed by atoms with Crippen molar-refractivity contribution in [1.29, 1.82) is 0 Å². The zero-order valence-electron chi connectivity index (χ0n) is 18.7. The summed E-state index contributed by atoms with van der Waals surface area (Å²) < 4.78 is 7.59. The van der Waals surface area contributed by atoms with Gasteiger partial charge < -0.3 is 4.42 Å². The Hall–Kier alpha value is -2.45. The van der Waals surface area contributed by atoms with Gasteiger partial charge in [0.05, 0.1) is 16.8 Å². The molecule has 0 saturated carbocycles.